The minimum atomic E-state index is -1.31. The minimum absolute atomic E-state index is 0.162. The number of aromatic amines is 1. The SMILES string of the molecule is CC(NC(=O)C(N)Cc1cnc[nH]1)C(=O)NC(CCC(=O)O)C(=O)NC(C(=O)O)C(C)C. The zero-order valence-electron chi connectivity index (χ0n) is 18.1. The Morgan fingerprint density at radius 2 is 1.69 bits per heavy atom. The largest absolute Gasteiger partial charge is 0.481 e. The minimum Gasteiger partial charge on any atom is -0.481 e. The lowest BCUT2D eigenvalue weighted by atomic mass is 10.0. The maximum Gasteiger partial charge on any atom is 0.326 e. The van der Waals surface area contributed by atoms with E-state index in [-0.39, 0.29) is 12.8 Å². The van der Waals surface area contributed by atoms with Gasteiger partial charge in [0.05, 0.1) is 12.4 Å². The molecule has 3 amide bonds. The van der Waals surface area contributed by atoms with Gasteiger partial charge in [0.2, 0.25) is 17.7 Å². The van der Waals surface area contributed by atoms with Crippen LogP contribution < -0.4 is 21.7 Å². The van der Waals surface area contributed by atoms with Gasteiger partial charge in [-0.05, 0) is 19.3 Å². The topological polar surface area (TPSA) is 217 Å². The molecule has 4 unspecified atom stereocenters. The van der Waals surface area contributed by atoms with Crippen molar-refractivity contribution in [2.45, 2.75) is 64.2 Å². The Morgan fingerprint density at radius 3 is 2.19 bits per heavy atom. The number of nitrogens with two attached hydrogens (primary N) is 1. The number of rotatable bonds is 13. The number of imidazole rings is 1. The molecular formula is C19H30N6O7. The van der Waals surface area contributed by atoms with Crippen molar-refractivity contribution < 1.29 is 34.2 Å². The zero-order chi connectivity index (χ0) is 24.4. The van der Waals surface area contributed by atoms with E-state index in [2.05, 4.69) is 25.9 Å². The average Bonchev–Trinajstić information content (AvgIpc) is 3.20. The Hall–Kier alpha value is -3.48. The fourth-order valence-corrected chi connectivity index (χ4v) is 2.71. The molecule has 0 aliphatic rings. The molecule has 13 nitrogen and oxygen atoms in total. The molecule has 1 heterocycles. The number of amides is 3. The monoisotopic (exact) mass is 454 g/mol. The van der Waals surface area contributed by atoms with Gasteiger partial charge in [0.1, 0.15) is 18.1 Å². The number of H-pyrrole nitrogens is 1. The van der Waals surface area contributed by atoms with Crippen molar-refractivity contribution in [3.8, 4) is 0 Å². The van der Waals surface area contributed by atoms with Crippen LogP contribution in [0.1, 0.15) is 39.3 Å². The predicted molar refractivity (Wildman–Crippen MR) is 111 cm³/mol. The number of carbonyl (C=O) groups excluding carboxylic acids is 3. The van der Waals surface area contributed by atoms with Gasteiger partial charge >= 0.3 is 11.9 Å². The molecule has 4 atom stereocenters. The number of aliphatic carboxylic acids is 2. The fraction of sp³-hybridized carbons (Fsp3) is 0.579. The molecule has 0 saturated carbocycles. The van der Waals surface area contributed by atoms with Gasteiger partial charge in [-0.15, -0.1) is 0 Å². The van der Waals surface area contributed by atoms with Gasteiger partial charge in [-0.2, -0.15) is 0 Å². The molecule has 0 saturated heterocycles. The van der Waals surface area contributed by atoms with E-state index >= 15 is 0 Å². The Morgan fingerprint density at radius 1 is 1.03 bits per heavy atom. The Labute approximate surface area is 184 Å². The third-order valence-electron chi connectivity index (χ3n) is 4.59. The zero-order valence-corrected chi connectivity index (χ0v) is 18.1. The van der Waals surface area contributed by atoms with Gasteiger partial charge in [0.15, 0.2) is 0 Å². The van der Waals surface area contributed by atoms with Crippen molar-refractivity contribution in [3.05, 3.63) is 18.2 Å². The normalized spacial score (nSPS) is 14.7. The molecule has 178 valence electrons. The maximum absolute atomic E-state index is 12.5. The van der Waals surface area contributed by atoms with Crippen LogP contribution in [0.5, 0.6) is 0 Å². The molecule has 32 heavy (non-hydrogen) atoms. The summed E-state index contributed by atoms with van der Waals surface area (Å²) < 4.78 is 0. The summed E-state index contributed by atoms with van der Waals surface area (Å²) in [5.41, 5.74) is 6.45. The third kappa shape index (κ3) is 8.71. The molecule has 0 radical (unpaired) electrons. The second kappa shape index (κ2) is 12.4. The van der Waals surface area contributed by atoms with Crippen LogP contribution in [0, 0.1) is 5.92 Å². The number of hydrogen-bond donors (Lipinski definition) is 7. The van der Waals surface area contributed by atoms with Crippen molar-refractivity contribution in [1.82, 2.24) is 25.9 Å². The van der Waals surface area contributed by atoms with Crippen LogP contribution in [0.3, 0.4) is 0 Å². The van der Waals surface area contributed by atoms with Crippen molar-refractivity contribution >= 4 is 29.7 Å². The molecule has 0 aromatic carbocycles. The molecule has 1 aromatic rings. The van der Waals surface area contributed by atoms with Crippen LogP contribution in [0.15, 0.2) is 12.5 Å². The molecule has 8 N–H and O–H groups in total. The second-order valence-corrected chi connectivity index (χ2v) is 7.68. The van der Waals surface area contributed by atoms with E-state index in [1.807, 2.05) is 0 Å². The lowest BCUT2D eigenvalue weighted by Crippen LogP contribution is -2.57. The van der Waals surface area contributed by atoms with Gasteiger partial charge < -0.3 is 36.9 Å². The van der Waals surface area contributed by atoms with Crippen molar-refractivity contribution in [3.63, 3.8) is 0 Å². The van der Waals surface area contributed by atoms with E-state index in [9.17, 15) is 29.1 Å². The van der Waals surface area contributed by atoms with E-state index in [1.165, 1.54) is 19.4 Å². The molecular weight excluding hydrogens is 424 g/mol. The molecule has 13 heteroatoms. The molecule has 0 aliphatic carbocycles. The fourth-order valence-electron chi connectivity index (χ4n) is 2.71. The van der Waals surface area contributed by atoms with Gasteiger partial charge in [-0.25, -0.2) is 9.78 Å². The van der Waals surface area contributed by atoms with Crippen LogP contribution >= 0.6 is 0 Å². The summed E-state index contributed by atoms with van der Waals surface area (Å²) in [6, 6.07) is -4.57. The van der Waals surface area contributed by atoms with E-state index in [0.29, 0.717) is 5.69 Å². The lowest BCUT2D eigenvalue weighted by Gasteiger charge is -2.24. The quantitative estimate of drug-likeness (QED) is 0.181. The first kappa shape index (κ1) is 26.6. The van der Waals surface area contributed by atoms with Gasteiger partial charge in [0, 0.05) is 24.7 Å². The summed E-state index contributed by atoms with van der Waals surface area (Å²) in [7, 11) is 0. The first-order valence-corrected chi connectivity index (χ1v) is 10.0. The van der Waals surface area contributed by atoms with Gasteiger partial charge in [-0.1, -0.05) is 13.8 Å². The summed E-state index contributed by atoms with van der Waals surface area (Å²) in [5.74, 6) is -5.10. The second-order valence-electron chi connectivity index (χ2n) is 7.68. The first-order chi connectivity index (χ1) is 14.9. The molecule has 0 aliphatic heterocycles. The van der Waals surface area contributed by atoms with E-state index in [0.717, 1.165) is 0 Å². The van der Waals surface area contributed by atoms with Crippen LogP contribution in [0.2, 0.25) is 0 Å². The molecule has 0 spiro atoms. The number of carboxylic acid groups (broad SMARTS) is 2. The predicted octanol–water partition coefficient (Wildman–Crippen LogP) is -1.64. The summed E-state index contributed by atoms with van der Waals surface area (Å²) >= 11 is 0. The van der Waals surface area contributed by atoms with Crippen molar-refractivity contribution in [1.29, 1.82) is 0 Å². The number of aromatic nitrogens is 2. The van der Waals surface area contributed by atoms with Gasteiger partial charge in [-0.3, -0.25) is 19.2 Å². The van der Waals surface area contributed by atoms with Gasteiger partial charge in [0.25, 0.3) is 0 Å². The number of nitrogens with one attached hydrogen (secondary N) is 4. The Bertz CT molecular complexity index is 811. The average molecular weight is 454 g/mol. The summed E-state index contributed by atoms with van der Waals surface area (Å²) in [5, 5.41) is 25.3. The van der Waals surface area contributed by atoms with Crippen molar-refractivity contribution in [2.75, 3.05) is 0 Å². The molecule has 0 bridgehead atoms. The molecule has 1 aromatic heterocycles. The number of carboxylic acids is 2. The van der Waals surface area contributed by atoms with Crippen LogP contribution in [0.4, 0.5) is 0 Å². The number of hydrogen-bond acceptors (Lipinski definition) is 7. The first-order valence-electron chi connectivity index (χ1n) is 10.0. The van der Waals surface area contributed by atoms with E-state index in [1.54, 1.807) is 13.8 Å². The lowest BCUT2D eigenvalue weighted by molar-refractivity contribution is -0.144. The van der Waals surface area contributed by atoms with Crippen molar-refractivity contribution in [2.24, 2.45) is 11.7 Å². The Kier molecular flexibility index (Phi) is 10.3. The Balaban J connectivity index is 2.76. The highest BCUT2D eigenvalue weighted by Gasteiger charge is 2.30. The highest BCUT2D eigenvalue weighted by atomic mass is 16.4. The molecule has 0 fully saturated rings. The number of carbonyl (C=O) groups is 5. The highest BCUT2D eigenvalue weighted by molar-refractivity contribution is 5.94. The van der Waals surface area contributed by atoms with E-state index in [4.69, 9.17) is 10.8 Å². The van der Waals surface area contributed by atoms with Crippen LogP contribution in [0.25, 0.3) is 0 Å². The van der Waals surface area contributed by atoms with Crippen LogP contribution in [-0.4, -0.2) is 74.0 Å². The number of nitrogens with zero attached hydrogens (tertiary/aromatic N) is 1. The summed E-state index contributed by atoms with van der Waals surface area (Å²) in [6.45, 7) is 4.55. The smallest absolute Gasteiger partial charge is 0.326 e. The third-order valence-corrected chi connectivity index (χ3v) is 4.59. The summed E-state index contributed by atoms with van der Waals surface area (Å²) in [6.07, 6.45) is 2.41. The highest BCUT2D eigenvalue weighted by Crippen LogP contribution is 2.05. The maximum atomic E-state index is 12.5. The van der Waals surface area contributed by atoms with E-state index < -0.39 is 66.2 Å². The van der Waals surface area contributed by atoms with Crippen LogP contribution in [-0.2, 0) is 30.4 Å². The molecule has 1 rings (SSSR count). The standard InChI is InChI=1S/C19H30N6O7/c1-9(2)15(19(31)32)25-18(30)13(4-5-14(26)27)24-16(28)10(3)23-17(29)12(20)6-11-7-21-8-22-11/h7-10,12-13,15H,4-6,20H2,1-3H3,(H,21,22)(H,23,29)(H,24,28)(H,25,30)(H,26,27)(H,31,32). The summed E-state index contributed by atoms with van der Waals surface area (Å²) in [4.78, 5) is 66.2.